The Hall–Kier alpha value is -1.46. The van der Waals surface area contributed by atoms with Crippen molar-refractivity contribution < 1.29 is 14.3 Å². The number of amides is 1. The second-order valence-electron chi connectivity index (χ2n) is 6.30. The Morgan fingerprint density at radius 1 is 1.17 bits per heavy atom. The summed E-state index contributed by atoms with van der Waals surface area (Å²) in [6.45, 7) is 0. The smallest absolute Gasteiger partial charge is 0.224 e. The highest BCUT2D eigenvalue weighted by atomic mass is 35.5. The molecule has 2 fully saturated rings. The van der Waals surface area contributed by atoms with Gasteiger partial charge in [0.25, 0.3) is 0 Å². The number of benzene rings is 1. The maximum atomic E-state index is 12.3. The van der Waals surface area contributed by atoms with Crippen LogP contribution >= 0.6 is 12.4 Å². The summed E-state index contributed by atoms with van der Waals surface area (Å²) in [5.41, 5.74) is 0.750. The second kappa shape index (κ2) is 7.88. The van der Waals surface area contributed by atoms with Crippen LogP contribution in [0.15, 0.2) is 18.2 Å². The molecular formula is C17H25ClN2O3. The fourth-order valence-electron chi connectivity index (χ4n) is 3.73. The summed E-state index contributed by atoms with van der Waals surface area (Å²) in [6.07, 6.45) is 5.37. The Morgan fingerprint density at radius 3 is 2.43 bits per heavy atom. The van der Waals surface area contributed by atoms with Gasteiger partial charge in [0.2, 0.25) is 5.91 Å². The molecule has 2 N–H and O–H groups in total. The summed E-state index contributed by atoms with van der Waals surface area (Å²) in [6, 6.07) is 6.68. The normalized spacial score (nSPS) is 25.4. The largest absolute Gasteiger partial charge is 0.493 e. The van der Waals surface area contributed by atoms with E-state index in [9.17, 15) is 4.79 Å². The molecule has 2 aliphatic rings. The summed E-state index contributed by atoms with van der Waals surface area (Å²) in [5.74, 6) is 1.87. The number of hydrogen-bond acceptors (Lipinski definition) is 4. The van der Waals surface area contributed by atoms with Crippen molar-refractivity contribution in [3.05, 3.63) is 18.2 Å². The van der Waals surface area contributed by atoms with Crippen molar-refractivity contribution >= 4 is 24.0 Å². The highest BCUT2D eigenvalue weighted by Crippen LogP contribution is 2.33. The van der Waals surface area contributed by atoms with Crippen molar-refractivity contribution in [2.75, 3.05) is 19.5 Å². The molecule has 1 aromatic rings. The Labute approximate surface area is 143 Å². The van der Waals surface area contributed by atoms with Crippen LogP contribution in [-0.2, 0) is 4.79 Å². The first-order valence-corrected chi connectivity index (χ1v) is 7.96. The first-order valence-electron chi connectivity index (χ1n) is 7.96. The summed E-state index contributed by atoms with van der Waals surface area (Å²) in [5, 5.41) is 6.58. The molecule has 0 radical (unpaired) electrons. The number of methoxy groups -OCH3 is 2. The number of rotatable bonds is 5. The Kier molecular flexibility index (Phi) is 6.13. The van der Waals surface area contributed by atoms with Gasteiger partial charge < -0.3 is 20.1 Å². The lowest BCUT2D eigenvalue weighted by Gasteiger charge is -2.28. The van der Waals surface area contributed by atoms with E-state index in [1.807, 2.05) is 6.07 Å². The van der Waals surface area contributed by atoms with Gasteiger partial charge in [-0.1, -0.05) is 0 Å². The Balaban J connectivity index is 0.00000192. The van der Waals surface area contributed by atoms with Gasteiger partial charge in [-0.15, -0.1) is 12.4 Å². The number of hydrogen-bond donors (Lipinski definition) is 2. The average molecular weight is 341 g/mol. The van der Waals surface area contributed by atoms with Crippen LogP contribution in [0.25, 0.3) is 0 Å². The standard InChI is InChI=1S/C17H24N2O3.ClH/c1-21-15-6-5-14(10-16(15)22-2)19-17(20)9-11-7-12-3-4-13(8-11)18-12;/h5-6,10-13,18H,3-4,7-9H2,1-2H3,(H,19,20);1H. The van der Waals surface area contributed by atoms with E-state index < -0.39 is 0 Å². The third-order valence-corrected chi connectivity index (χ3v) is 4.71. The molecule has 1 amide bonds. The lowest BCUT2D eigenvalue weighted by atomic mass is 9.89. The number of carbonyl (C=O) groups is 1. The van der Waals surface area contributed by atoms with Gasteiger partial charge in [0.15, 0.2) is 11.5 Å². The topological polar surface area (TPSA) is 59.6 Å². The lowest BCUT2D eigenvalue weighted by molar-refractivity contribution is -0.117. The number of nitrogens with one attached hydrogen (secondary N) is 2. The average Bonchev–Trinajstić information content (AvgIpc) is 2.85. The van der Waals surface area contributed by atoms with Gasteiger partial charge in [-0.3, -0.25) is 4.79 Å². The van der Waals surface area contributed by atoms with E-state index in [0.717, 1.165) is 18.5 Å². The van der Waals surface area contributed by atoms with E-state index in [1.54, 1.807) is 26.4 Å². The minimum atomic E-state index is 0. The van der Waals surface area contributed by atoms with Gasteiger partial charge in [0.1, 0.15) is 0 Å². The number of carbonyl (C=O) groups excluding carboxylic acids is 1. The predicted octanol–water partition coefficient (Wildman–Crippen LogP) is 2.98. The number of anilines is 1. The van der Waals surface area contributed by atoms with Crippen molar-refractivity contribution in [2.24, 2.45) is 5.92 Å². The molecule has 2 aliphatic heterocycles. The van der Waals surface area contributed by atoms with Crippen molar-refractivity contribution in [2.45, 2.75) is 44.2 Å². The highest BCUT2D eigenvalue weighted by Gasteiger charge is 2.34. The molecule has 0 saturated carbocycles. The van der Waals surface area contributed by atoms with Gasteiger partial charge in [-0.05, 0) is 43.7 Å². The van der Waals surface area contributed by atoms with Crippen LogP contribution in [0.3, 0.4) is 0 Å². The van der Waals surface area contributed by atoms with E-state index >= 15 is 0 Å². The highest BCUT2D eigenvalue weighted by molar-refractivity contribution is 5.91. The first kappa shape index (κ1) is 17.9. The molecule has 0 aliphatic carbocycles. The zero-order valence-electron chi connectivity index (χ0n) is 13.6. The molecule has 3 rings (SSSR count). The minimum Gasteiger partial charge on any atom is -0.493 e. The molecule has 128 valence electrons. The van der Waals surface area contributed by atoms with E-state index in [0.29, 0.717) is 35.9 Å². The molecule has 0 aromatic heterocycles. The van der Waals surface area contributed by atoms with E-state index in [2.05, 4.69) is 10.6 Å². The van der Waals surface area contributed by atoms with Crippen LogP contribution in [-0.4, -0.2) is 32.2 Å². The fourth-order valence-corrected chi connectivity index (χ4v) is 3.73. The van der Waals surface area contributed by atoms with Crippen LogP contribution in [0.1, 0.15) is 32.1 Å². The zero-order chi connectivity index (χ0) is 15.5. The lowest BCUT2D eigenvalue weighted by Crippen LogP contribution is -2.39. The van der Waals surface area contributed by atoms with Crippen LogP contribution in [0.2, 0.25) is 0 Å². The predicted molar refractivity (Wildman–Crippen MR) is 92.7 cm³/mol. The molecule has 2 heterocycles. The summed E-state index contributed by atoms with van der Waals surface area (Å²) in [7, 11) is 3.19. The SMILES string of the molecule is COc1ccc(NC(=O)CC2CC3CCC(C2)N3)cc1OC.Cl. The third kappa shape index (κ3) is 4.30. The van der Waals surface area contributed by atoms with Crippen LogP contribution in [0, 0.1) is 5.92 Å². The zero-order valence-corrected chi connectivity index (χ0v) is 14.4. The van der Waals surface area contributed by atoms with Crippen LogP contribution in [0.4, 0.5) is 5.69 Å². The van der Waals surface area contributed by atoms with E-state index in [-0.39, 0.29) is 18.3 Å². The molecule has 6 heteroatoms. The summed E-state index contributed by atoms with van der Waals surface area (Å²) < 4.78 is 10.5. The van der Waals surface area contributed by atoms with E-state index in [4.69, 9.17) is 9.47 Å². The van der Waals surface area contributed by atoms with Gasteiger partial charge in [-0.2, -0.15) is 0 Å². The molecule has 2 saturated heterocycles. The van der Waals surface area contributed by atoms with Crippen molar-refractivity contribution in [3.63, 3.8) is 0 Å². The molecular weight excluding hydrogens is 316 g/mol. The summed E-state index contributed by atoms with van der Waals surface area (Å²) in [4.78, 5) is 12.3. The van der Waals surface area contributed by atoms with Gasteiger partial charge in [-0.25, -0.2) is 0 Å². The molecule has 2 unspecified atom stereocenters. The second-order valence-corrected chi connectivity index (χ2v) is 6.30. The van der Waals surface area contributed by atoms with Gasteiger partial charge in [0, 0.05) is 30.3 Å². The first-order chi connectivity index (χ1) is 10.7. The minimum absolute atomic E-state index is 0. The third-order valence-electron chi connectivity index (χ3n) is 4.71. The van der Waals surface area contributed by atoms with Crippen molar-refractivity contribution in [3.8, 4) is 11.5 Å². The molecule has 0 spiro atoms. The molecule has 2 bridgehead atoms. The van der Waals surface area contributed by atoms with Gasteiger partial charge >= 0.3 is 0 Å². The summed E-state index contributed by atoms with van der Waals surface area (Å²) >= 11 is 0. The molecule has 23 heavy (non-hydrogen) atoms. The number of halogens is 1. The quantitative estimate of drug-likeness (QED) is 0.865. The maximum absolute atomic E-state index is 12.3. The Bertz CT molecular complexity index is 541. The van der Waals surface area contributed by atoms with Crippen LogP contribution < -0.4 is 20.1 Å². The van der Waals surface area contributed by atoms with Gasteiger partial charge in [0.05, 0.1) is 14.2 Å². The van der Waals surface area contributed by atoms with Crippen molar-refractivity contribution in [1.82, 2.24) is 5.32 Å². The molecule has 5 nitrogen and oxygen atoms in total. The number of fused-ring (bicyclic) bond motifs is 2. The van der Waals surface area contributed by atoms with E-state index in [1.165, 1.54) is 12.8 Å². The molecule has 2 atom stereocenters. The number of piperidine rings is 1. The maximum Gasteiger partial charge on any atom is 0.224 e. The van der Waals surface area contributed by atoms with Crippen molar-refractivity contribution in [1.29, 1.82) is 0 Å². The fraction of sp³-hybridized carbons (Fsp3) is 0.588. The Morgan fingerprint density at radius 2 is 1.83 bits per heavy atom. The van der Waals surface area contributed by atoms with Crippen LogP contribution in [0.5, 0.6) is 11.5 Å². The number of ether oxygens (including phenoxy) is 2. The molecule has 1 aromatic carbocycles. The monoisotopic (exact) mass is 340 g/mol.